The number of nitrogens with zero attached hydrogens (tertiary/aromatic N) is 2. The van der Waals surface area contributed by atoms with Crippen LogP contribution in [0.5, 0.6) is 0 Å². The maximum atomic E-state index is 14.0. The molecule has 0 aromatic heterocycles. The Morgan fingerprint density at radius 2 is 1.96 bits per heavy atom. The molecule has 130 valence electrons. The second kappa shape index (κ2) is 9.16. The Morgan fingerprint density at radius 3 is 2.60 bits per heavy atom. The zero-order valence-electron chi connectivity index (χ0n) is 14.0. The molecule has 2 aromatic rings. The molecule has 0 aliphatic carbocycles. The molecule has 0 spiro atoms. The Morgan fingerprint density at radius 1 is 1.28 bits per heavy atom. The lowest BCUT2D eigenvalue weighted by atomic mass is 10.1. The first-order valence-corrected chi connectivity index (χ1v) is 8.41. The van der Waals surface area contributed by atoms with E-state index in [1.165, 1.54) is 11.0 Å². The smallest absolute Gasteiger partial charge is 0.282 e. The van der Waals surface area contributed by atoms with Crippen LogP contribution in [0.2, 0.25) is 5.02 Å². The Bertz CT molecular complexity index is 758. The van der Waals surface area contributed by atoms with Crippen LogP contribution in [-0.4, -0.2) is 19.0 Å². The van der Waals surface area contributed by atoms with Gasteiger partial charge in [0.2, 0.25) is 0 Å². The summed E-state index contributed by atoms with van der Waals surface area (Å²) in [7, 11) is 0. The fourth-order valence-electron chi connectivity index (χ4n) is 2.50. The third-order valence-electron chi connectivity index (χ3n) is 3.93. The summed E-state index contributed by atoms with van der Waals surface area (Å²) in [6.45, 7) is 2.31. The number of para-hydroxylation sites is 1. The van der Waals surface area contributed by atoms with Gasteiger partial charge in [0.25, 0.3) is 5.91 Å². The van der Waals surface area contributed by atoms with Crippen molar-refractivity contribution >= 4 is 23.2 Å². The summed E-state index contributed by atoms with van der Waals surface area (Å²) in [5.41, 5.74) is 1.25. The van der Waals surface area contributed by atoms with E-state index in [2.05, 4.69) is 0 Å². The van der Waals surface area contributed by atoms with Crippen molar-refractivity contribution in [1.82, 2.24) is 0 Å². The normalized spacial score (nSPS) is 11.6. The van der Waals surface area contributed by atoms with Crippen LogP contribution in [-0.2, 0) is 4.79 Å². The van der Waals surface area contributed by atoms with Gasteiger partial charge in [-0.2, -0.15) is 5.26 Å². The second-order valence-corrected chi connectivity index (χ2v) is 6.12. The number of rotatable bonds is 7. The average Bonchev–Trinajstić information content (AvgIpc) is 2.62. The van der Waals surface area contributed by atoms with Crippen molar-refractivity contribution in [3.05, 3.63) is 64.9 Å². The lowest BCUT2D eigenvalue weighted by Gasteiger charge is -2.22. The first kappa shape index (κ1) is 18.9. The molecule has 0 radical (unpaired) electrons. The number of benzene rings is 2. The van der Waals surface area contributed by atoms with Gasteiger partial charge in [0.1, 0.15) is 11.9 Å². The summed E-state index contributed by atoms with van der Waals surface area (Å²) < 4.78 is 14.0. The van der Waals surface area contributed by atoms with Crippen molar-refractivity contribution in [1.29, 1.82) is 5.26 Å². The van der Waals surface area contributed by atoms with E-state index in [-0.39, 0.29) is 37.1 Å². The van der Waals surface area contributed by atoms with Crippen LogP contribution in [0.3, 0.4) is 0 Å². The summed E-state index contributed by atoms with van der Waals surface area (Å²) in [5, 5.41) is 11.3. The Labute approximate surface area is 151 Å². The molecule has 6 heteroatoms. The summed E-state index contributed by atoms with van der Waals surface area (Å²) in [6.07, 6.45) is 0.146. The predicted octanol–water partition coefficient (Wildman–Crippen LogP) is 3.05. The van der Waals surface area contributed by atoms with Crippen LogP contribution >= 0.6 is 11.6 Å². The molecule has 2 aromatic carbocycles. The quantitative estimate of drug-likeness (QED) is 0.825. The Kier molecular flexibility index (Phi) is 6.93. The molecule has 2 N–H and O–H groups in total. The van der Waals surface area contributed by atoms with Gasteiger partial charge >= 0.3 is 0 Å². The molecule has 0 unspecified atom stereocenters. The maximum Gasteiger partial charge on any atom is 0.282 e. The highest BCUT2D eigenvalue weighted by molar-refractivity contribution is 6.30. The molecule has 0 aliphatic heterocycles. The SMILES string of the molecule is C[C@H]([NH2+]CC(=O)N(CCC#N)c1ccccc1F)c1ccc(Cl)cc1. The molecule has 1 atom stereocenters. The number of nitriles is 1. The van der Waals surface area contributed by atoms with E-state index >= 15 is 0 Å². The molecule has 0 heterocycles. The topological polar surface area (TPSA) is 60.7 Å². The van der Waals surface area contributed by atoms with E-state index in [1.807, 2.05) is 42.6 Å². The molecule has 25 heavy (non-hydrogen) atoms. The van der Waals surface area contributed by atoms with Crippen molar-refractivity contribution in [2.45, 2.75) is 19.4 Å². The summed E-state index contributed by atoms with van der Waals surface area (Å²) in [5.74, 6) is -0.708. The van der Waals surface area contributed by atoms with E-state index in [4.69, 9.17) is 16.9 Å². The number of hydrogen-bond donors (Lipinski definition) is 1. The minimum Gasteiger partial charge on any atom is -0.333 e. The second-order valence-electron chi connectivity index (χ2n) is 5.68. The van der Waals surface area contributed by atoms with Gasteiger partial charge < -0.3 is 10.2 Å². The van der Waals surface area contributed by atoms with Gasteiger partial charge in [-0.25, -0.2) is 4.39 Å². The van der Waals surface area contributed by atoms with Crippen LogP contribution in [0, 0.1) is 17.1 Å². The van der Waals surface area contributed by atoms with Crippen LogP contribution in [0.15, 0.2) is 48.5 Å². The van der Waals surface area contributed by atoms with E-state index in [1.54, 1.807) is 18.2 Å². The molecular weight excluding hydrogens is 341 g/mol. The van der Waals surface area contributed by atoms with Gasteiger partial charge in [-0.05, 0) is 31.2 Å². The lowest BCUT2D eigenvalue weighted by Crippen LogP contribution is -2.87. The highest BCUT2D eigenvalue weighted by Gasteiger charge is 2.21. The highest BCUT2D eigenvalue weighted by Crippen LogP contribution is 2.19. The Hall–Kier alpha value is -2.42. The number of nitrogens with two attached hydrogens (primary N) is 1. The average molecular weight is 361 g/mol. The Balaban J connectivity index is 2.05. The molecular formula is C19H20ClFN3O+. The fourth-order valence-corrected chi connectivity index (χ4v) is 2.63. The molecule has 0 bridgehead atoms. The maximum absolute atomic E-state index is 14.0. The predicted molar refractivity (Wildman–Crippen MR) is 95.6 cm³/mol. The number of halogens is 2. The first-order chi connectivity index (χ1) is 12.0. The lowest BCUT2D eigenvalue weighted by molar-refractivity contribution is -0.682. The van der Waals surface area contributed by atoms with Crippen LogP contribution in [0.25, 0.3) is 0 Å². The monoisotopic (exact) mass is 360 g/mol. The van der Waals surface area contributed by atoms with Crippen molar-refractivity contribution in [2.24, 2.45) is 0 Å². The zero-order valence-corrected chi connectivity index (χ0v) is 14.7. The minimum absolute atomic E-state index is 0.0552. The van der Waals surface area contributed by atoms with E-state index < -0.39 is 5.82 Å². The number of quaternary nitrogens is 1. The standard InChI is InChI=1S/C19H19ClFN3O/c1-14(15-7-9-16(20)10-8-15)23-13-19(25)24(12-4-11-22)18-6-3-2-5-17(18)21/h2-3,5-10,14,23H,4,12-13H2,1H3/p+1/t14-/m0/s1. The largest absolute Gasteiger partial charge is 0.333 e. The van der Waals surface area contributed by atoms with Gasteiger partial charge in [0.05, 0.1) is 18.2 Å². The van der Waals surface area contributed by atoms with Gasteiger partial charge in [-0.15, -0.1) is 0 Å². The van der Waals surface area contributed by atoms with Crippen LogP contribution < -0.4 is 10.2 Å². The number of amides is 1. The number of anilines is 1. The fraction of sp³-hybridized carbons (Fsp3) is 0.263. The van der Waals surface area contributed by atoms with Crippen molar-refractivity contribution < 1.29 is 14.5 Å². The molecule has 0 saturated heterocycles. The van der Waals surface area contributed by atoms with Crippen molar-refractivity contribution in [3.63, 3.8) is 0 Å². The number of carbonyl (C=O) groups excluding carboxylic acids is 1. The molecule has 0 fully saturated rings. The minimum atomic E-state index is -0.473. The summed E-state index contributed by atoms with van der Waals surface area (Å²) in [4.78, 5) is 13.9. The van der Waals surface area contributed by atoms with E-state index in [0.717, 1.165) is 5.56 Å². The van der Waals surface area contributed by atoms with E-state index in [0.29, 0.717) is 5.02 Å². The first-order valence-electron chi connectivity index (χ1n) is 8.03. The molecule has 0 saturated carbocycles. The molecule has 4 nitrogen and oxygen atoms in total. The molecule has 0 aliphatic rings. The number of hydrogen-bond acceptors (Lipinski definition) is 2. The van der Waals surface area contributed by atoms with Crippen molar-refractivity contribution in [2.75, 3.05) is 18.0 Å². The molecule has 2 rings (SSSR count). The third-order valence-corrected chi connectivity index (χ3v) is 4.19. The highest BCUT2D eigenvalue weighted by atomic mass is 35.5. The van der Waals surface area contributed by atoms with Crippen molar-refractivity contribution in [3.8, 4) is 6.07 Å². The zero-order chi connectivity index (χ0) is 18.2. The van der Waals surface area contributed by atoms with E-state index in [9.17, 15) is 9.18 Å². The molecule has 1 amide bonds. The summed E-state index contributed by atoms with van der Waals surface area (Å²) in [6, 6.07) is 15.6. The van der Waals surface area contributed by atoms with Gasteiger partial charge in [0, 0.05) is 17.1 Å². The van der Waals surface area contributed by atoms with Gasteiger partial charge in [-0.1, -0.05) is 35.9 Å². The third kappa shape index (κ3) is 5.28. The summed E-state index contributed by atoms with van der Waals surface area (Å²) >= 11 is 5.88. The van der Waals surface area contributed by atoms with Crippen LogP contribution in [0.4, 0.5) is 10.1 Å². The van der Waals surface area contributed by atoms with Gasteiger partial charge in [0.15, 0.2) is 6.54 Å². The van der Waals surface area contributed by atoms with Crippen LogP contribution in [0.1, 0.15) is 24.9 Å². The van der Waals surface area contributed by atoms with Gasteiger partial charge in [-0.3, -0.25) is 4.79 Å². The number of carbonyl (C=O) groups is 1.